The van der Waals surface area contributed by atoms with Crippen LogP contribution in [0, 0.1) is 6.92 Å². The zero-order chi connectivity index (χ0) is 23.6. The summed E-state index contributed by atoms with van der Waals surface area (Å²) in [4.78, 5) is 24.6. The molecular formula is C22H20ClF3N4O2S. The van der Waals surface area contributed by atoms with E-state index < -0.39 is 11.7 Å². The second-order valence-electron chi connectivity index (χ2n) is 7.48. The molecule has 0 saturated carbocycles. The molecule has 1 aliphatic rings. The molecule has 6 nitrogen and oxygen atoms in total. The molecule has 0 bridgehead atoms. The van der Waals surface area contributed by atoms with E-state index in [4.69, 9.17) is 16.3 Å². The molecule has 33 heavy (non-hydrogen) atoms. The summed E-state index contributed by atoms with van der Waals surface area (Å²) < 4.78 is 44.2. The highest BCUT2D eigenvalue weighted by atomic mass is 35.5. The zero-order valence-electron chi connectivity index (χ0n) is 17.6. The van der Waals surface area contributed by atoms with Gasteiger partial charge in [0, 0.05) is 43.3 Å². The number of thiazole rings is 1. The molecule has 1 amide bonds. The second kappa shape index (κ2) is 9.56. The monoisotopic (exact) mass is 496 g/mol. The fourth-order valence-electron chi connectivity index (χ4n) is 3.45. The Bertz CT molecular complexity index is 1130. The molecule has 0 spiro atoms. The maximum Gasteiger partial charge on any atom is 0.417 e. The lowest BCUT2D eigenvalue weighted by Gasteiger charge is -2.35. The maximum absolute atomic E-state index is 12.8. The molecule has 0 unspecified atom stereocenters. The highest BCUT2D eigenvalue weighted by Crippen LogP contribution is 2.33. The van der Waals surface area contributed by atoms with Crippen molar-refractivity contribution in [1.29, 1.82) is 0 Å². The van der Waals surface area contributed by atoms with E-state index in [9.17, 15) is 18.0 Å². The topological polar surface area (TPSA) is 58.6 Å². The van der Waals surface area contributed by atoms with E-state index in [0.29, 0.717) is 44.1 Å². The van der Waals surface area contributed by atoms with Crippen molar-refractivity contribution in [3.63, 3.8) is 0 Å². The Labute approximate surface area is 197 Å². The van der Waals surface area contributed by atoms with Crippen molar-refractivity contribution in [1.82, 2.24) is 14.9 Å². The lowest BCUT2D eigenvalue weighted by Crippen LogP contribution is -2.49. The third-order valence-corrected chi connectivity index (χ3v) is 6.27. The number of carbonyl (C=O) groups is 1. The van der Waals surface area contributed by atoms with Crippen molar-refractivity contribution in [3.05, 3.63) is 68.8 Å². The molecule has 3 heterocycles. The van der Waals surface area contributed by atoms with Crippen molar-refractivity contribution >= 4 is 34.7 Å². The van der Waals surface area contributed by atoms with Gasteiger partial charge in [0.2, 0.25) is 0 Å². The van der Waals surface area contributed by atoms with Gasteiger partial charge in [-0.3, -0.25) is 4.79 Å². The van der Waals surface area contributed by atoms with Crippen LogP contribution in [0.5, 0.6) is 5.75 Å². The van der Waals surface area contributed by atoms with Gasteiger partial charge in [0.25, 0.3) is 5.91 Å². The summed E-state index contributed by atoms with van der Waals surface area (Å²) in [5.41, 5.74) is 0.503. The molecule has 0 aliphatic carbocycles. The lowest BCUT2D eigenvalue weighted by molar-refractivity contribution is -0.137. The average Bonchev–Trinajstić information content (AvgIpc) is 3.22. The number of anilines is 1. The highest BCUT2D eigenvalue weighted by molar-refractivity contribution is 7.09. The van der Waals surface area contributed by atoms with E-state index in [1.54, 1.807) is 45.4 Å². The van der Waals surface area contributed by atoms with Gasteiger partial charge in [-0.25, -0.2) is 9.97 Å². The average molecular weight is 497 g/mol. The van der Waals surface area contributed by atoms with Crippen LogP contribution < -0.4 is 9.64 Å². The van der Waals surface area contributed by atoms with Crippen molar-refractivity contribution in [2.24, 2.45) is 0 Å². The summed E-state index contributed by atoms with van der Waals surface area (Å²) in [7, 11) is 0. The van der Waals surface area contributed by atoms with Gasteiger partial charge in [0.15, 0.2) is 0 Å². The minimum atomic E-state index is -4.50. The van der Waals surface area contributed by atoms with Gasteiger partial charge in [-0.05, 0) is 37.3 Å². The number of amides is 1. The van der Waals surface area contributed by atoms with Gasteiger partial charge in [-0.2, -0.15) is 13.2 Å². The van der Waals surface area contributed by atoms with Crippen molar-refractivity contribution in [2.45, 2.75) is 19.7 Å². The standard InChI is InChI=1S/C22H20ClF3N4O2S/c1-14-28-17(13-33-14)12-32-18-4-2-15(3-5-18)21(31)30-8-6-29(7-9-30)20-19(23)10-16(11-27-20)22(24,25)26/h2-5,10-11,13H,6-9,12H2,1H3. The normalized spacial score (nSPS) is 14.5. The predicted molar refractivity (Wildman–Crippen MR) is 120 cm³/mol. The Morgan fingerprint density at radius 3 is 2.45 bits per heavy atom. The van der Waals surface area contributed by atoms with Gasteiger partial charge < -0.3 is 14.5 Å². The summed E-state index contributed by atoms with van der Waals surface area (Å²) in [5.74, 6) is 0.807. The van der Waals surface area contributed by atoms with Gasteiger partial charge in [0.05, 0.1) is 21.3 Å². The Hall–Kier alpha value is -2.85. The van der Waals surface area contributed by atoms with E-state index in [1.807, 2.05) is 12.3 Å². The largest absolute Gasteiger partial charge is 0.487 e. The third kappa shape index (κ3) is 5.56. The second-order valence-corrected chi connectivity index (χ2v) is 8.95. The van der Waals surface area contributed by atoms with Crippen molar-refractivity contribution in [3.8, 4) is 5.75 Å². The van der Waals surface area contributed by atoms with Crippen LogP contribution in [-0.2, 0) is 12.8 Å². The van der Waals surface area contributed by atoms with Crippen LogP contribution in [0.2, 0.25) is 5.02 Å². The summed E-state index contributed by atoms with van der Waals surface area (Å²) in [6, 6.07) is 7.79. The Morgan fingerprint density at radius 2 is 1.88 bits per heavy atom. The number of aromatic nitrogens is 2. The van der Waals surface area contributed by atoms with Gasteiger partial charge in [-0.15, -0.1) is 11.3 Å². The number of halogens is 4. The Kier molecular flexibility index (Phi) is 6.76. The lowest BCUT2D eigenvalue weighted by atomic mass is 10.1. The number of aryl methyl sites for hydroxylation is 1. The minimum absolute atomic E-state index is 0.0620. The molecule has 2 aromatic heterocycles. The number of hydrogen-bond donors (Lipinski definition) is 0. The van der Waals surface area contributed by atoms with Crippen molar-refractivity contribution in [2.75, 3.05) is 31.1 Å². The molecule has 1 aliphatic heterocycles. The summed E-state index contributed by atoms with van der Waals surface area (Å²) in [5, 5.41) is 2.86. The number of piperazine rings is 1. The van der Waals surface area contributed by atoms with Crippen LogP contribution in [0.1, 0.15) is 26.6 Å². The first-order valence-electron chi connectivity index (χ1n) is 10.1. The van der Waals surface area contributed by atoms with Crippen LogP contribution >= 0.6 is 22.9 Å². The number of ether oxygens (including phenoxy) is 1. The molecular weight excluding hydrogens is 477 g/mol. The first-order valence-corrected chi connectivity index (χ1v) is 11.4. The maximum atomic E-state index is 12.8. The first-order chi connectivity index (χ1) is 15.7. The van der Waals surface area contributed by atoms with Crippen LogP contribution in [0.25, 0.3) is 0 Å². The molecule has 1 fully saturated rings. The van der Waals surface area contributed by atoms with Crippen LogP contribution in [-0.4, -0.2) is 47.0 Å². The molecule has 0 radical (unpaired) electrons. The molecule has 11 heteroatoms. The fourth-order valence-corrected chi connectivity index (χ4v) is 4.33. The van der Waals surface area contributed by atoms with Crippen LogP contribution in [0.15, 0.2) is 41.9 Å². The van der Waals surface area contributed by atoms with Gasteiger partial charge in [-0.1, -0.05) is 11.6 Å². The zero-order valence-corrected chi connectivity index (χ0v) is 19.2. The fraction of sp³-hybridized carbons (Fsp3) is 0.318. The van der Waals surface area contributed by atoms with Crippen molar-refractivity contribution < 1.29 is 22.7 Å². The molecule has 0 N–H and O–H groups in total. The Balaban J connectivity index is 1.32. The molecule has 174 valence electrons. The number of alkyl halides is 3. The number of pyridine rings is 1. The third-order valence-electron chi connectivity index (χ3n) is 5.17. The number of hydrogen-bond acceptors (Lipinski definition) is 6. The number of nitrogens with zero attached hydrogens (tertiary/aromatic N) is 4. The molecule has 1 aromatic carbocycles. The van der Waals surface area contributed by atoms with Gasteiger partial charge >= 0.3 is 6.18 Å². The SMILES string of the molecule is Cc1nc(COc2ccc(C(=O)N3CCN(c4ncc(C(F)(F)F)cc4Cl)CC3)cc2)cs1. The van der Waals surface area contributed by atoms with E-state index >= 15 is 0 Å². The number of carbonyl (C=O) groups excluding carboxylic acids is 1. The van der Waals surface area contributed by atoms with E-state index in [0.717, 1.165) is 23.0 Å². The summed E-state index contributed by atoms with van der Waals surface area (Å²) in [6.45, 7) is 3.93. The smallest absolute Gasteiger partial charge is 0.417 e. The van der Waals surface area contributed by atoms with E-state index in [-0.39, 0.29) is 16.7 Å². The minimum Gasteiger partial charge on any atom is -0.487 e. The summed E-state index contributed by atoms with van der Waals surface area (Å²) in [6.07, 6.45) is -3.72. The molecule has 3 aromatic rings. The quantitative estimate of drug-likeness (QED) is 0.494. The summed E-state index contributed by atoms with van der Waals surface area (Å²) >= 11 is 7.61. The Morgan fingerprint density at radius 1 is 1.18 bits per heavy atom. The van der Waals surface area contributed by atoms with Gasteiger partial charge in [0.1, 0.15) is 18.2 Å². The number of rotatable bonds is 5. The van der Waals surface area contributed by atoms with Crippen LogP contribution in [0.4, 0.5) is 19.0 Å². The highest BCUT2D eigenvalue weighted by Gasteiger charge is 2.32. The van der Waals surface area contributed by atoms with Crippen LogP contribution in [0.3, 0.4) is 0 Å². The molecule has 1 saturated heterocycles. The molecule has 4 rings (SSSR count). The number of benzene rings is 1. The first kappa shape index (κ1) is 23.3. The van der Waals surface area contributed by atoms with E-state index in [2.05, 4.69) is 9.97 Å². The van der Waals surface area contributed by atoms with E-state index in [1.165, 1.54) is 0 Å². The molecule has 0 atom stereocenters. The predicted octanol–water partition coefficient (Wildman–Crippen LogP) is 5.06.